The number of ether oxygens (including phenoxy) is 3. The molecule has 5 rings (SSSR count). The molecular formula is C25H29N3O4S. The van der Waals surface area contributed by atoms with Gasteiger partial charge in [-0.2, -0.15) is 0 Å². The van der Waals surface area contributed by atoms with E-state index in [1.807, 2.05) is 31.2 Å². The summed E-state index contributed by atoms with van der Waals surface area (Å²) in [5.74, 6) is 1.14. The molecule has 2 aliphatic heterocycles. The fraction of sp³-hybridized carbons (Fsp3) is 0.440. The van der Waals surface area contributed by atoms with E-state index in [9.17, 15) is 4.79 Å². The zero-order valence-electron chi connectivity index (χ0n) is 19.2. The minimum absolute atomic E-state index is 0.125. The average Bonchev–Trinajstić information content (AvgIpc) is 3.28. The minimum atomic E-state index is -0.737. The Morgan fingerprint density at radius 1 is 1.09 bits per heavy atom. The number of para-hydroxylation sites is 2. The van der Waals surface area contributed by atoms with Crippen LogP contribution in [0.2, 0.25) is 0 Å². The van der Waals surface area contributed by atoms with E-state index in [4.69, 9.17) is 19.2 Å². The van der Waals surface area contributed by atoms with Gasteiger partial charge in [0.15, 0.2) is 16.6 Å². The van der Waals surface area contributed by atoms with Crippen molar-refractivity contribution in [2.75, 3.05) is 44.3 Å². The molecule has 0 unspecified atom stereocenters. The molecule has 2 atom stereocenters. The Kier molecular flexibility index (Phi) is 6.23. The summed E-state index contributed by atoms with van der Waals surface area (Å²) in [5.41, 5.74) is 3.23. The number of thiazole rings is 1. The van der Waals surface area contributed by atoms with E-state index in [0.29, 0.717) is 23.2 Å². The maximum Gasteiger partial charge on any atom is 0.273 e. The summed E-state index contributed by atoms with van der Waals surface area (Å²) < 4.78 is 18.8. The highest BCUT2D eigenvalue weighted by atomic mass is 32.1. The lowest BCUT2D eigenvalue weighted by atomic mass is 10.1. The predicted octanol–water partition coefficient (Wildman–Crippen LogP) is 3.81. The van der Waals surface area contributed by atoms with Gasteiger partial charge in [0.05, 0.1) is 23.4 Å². The Labute approximate surface area is 197 Å². The summed E-state index contributed by atoms with van der Waals surface area (Å²) in [4.78, 5) is 22.9. The first-order valence-electron chi connectivity index (χ1n) is 11.4. The van der Waals surface area contributed by atoms with Crippen molar-refractivity contribution in [2.45, 2.75) is 33.0 Å². The fourth-order valence-electron chi connectivity index (χ4n) is 4.27. The predicted molar refractivity (Wildman–Crippen MR) is 130 cm³/mol. The molecule has 33 heavy (non-hydrogen) atoms. The van der Waals surface area contributed by atoms with E-state index in [0.717, 1.165) is 48.6 Å². The highest BCUT2D eigenvalue weighted by Gasteiger charge is 2.38. The zero-order valence-corrected chi connectivity index (χ0v) is 20.1. The van der Waals surface area contributed by atoms with E-state index in [-0.39, 0.29) is 5.91 Å². The molecule has 1 aromatic heterocycles. The number of carbonyl (C=O) groups is 1. The maximum atomic E-state index is 13.9. The SMILES string of the molecule is Cc1ccc(C)c2sc(N(CCN3CCOCC3)C(=O)[C@@H]3Oc4ccccc4O[C@H]3C)nc12. The van der Waals surface area contributed by atoms with E-state index in [2.05, 4.69) is 30.9 Å². The second-order valence-electron chi connectivity index (χ2n) is 8.63. The summed E-state index contributed by atoms with van der Waals surface area (Å²) in [6.45, 7) is 10.5. The van der Waals surface area contributed by atoms with Crippen molar-refractivity contribution >= 4 is 32.6 Å². The van der Waals surface area contributed by atoms with Gasteiger partial charge in [0, 0.05) is 26.2 Å². The molecule has 3 aromatic rings. The molecule has 0 radical (unpaired) electrons. The maximum absolute atomic E-state index is 13.9. The summed E-state index contributed by atoms with van der Waals surface area (Å²) in [7, 11) is 0. The Morgan fingerprint density at radius 2 is 1.79 bits per heavy atom. The molecule has 8 heteroatoms. The number of benzene rings is 2. The van der Waals surface area contributed by atoms with Crippen LogP contribution in [0.1, 0.15) is 18.1 Å². The molecule has 3 heterocycles. The van der Waals surface area contributed by atoms with E-state index in [1.165, 1.54) is 5.56 Å². The molecule has 2 aromatic carbocycles. The Bertz CT molecular complexity index is 1120. The van der Waals surface area contributed by atoms with Gasteiger partial charge in [-0.1, -0.05) is 35.6 Å². The van der Waals surface area contributed by atoms with Crippen molar-refractivity contribution in [2.24, 2.45) is 0 Å². The topological polar surface area (TPSA) is 64.1 Å². The van der Waals surface area contributed by atoms with Crippen LogP contribution in [0, 0.1) is 13.8 Å². The number of morpholine rings is 1. The van der Waals surface area contributed by atoms with Gasteiger partial charge in [-0.3, -0.25) is 14.6 Å². The summed E-state index contributed by atoms with van der Waals surface area (Å²) in [6, 6.07) is 11.7. The Hall–Kier alpha value is -2.68. The molecule has 174 valence electrons. The second-order valence-corrected chi connectivity index (χ2v) is 9.60. The number of carbonyl (C=O) groups excluding carboxylic acids is 1. The molecule has 1 fully saturated rings. The van der Waals surface area contributed by atoms with Crippen molar-refractivity contribution in [1.82, 2.24) is 9.88 Å². The van der Waals surface area contributed by atoms with Gasteiger partial charge in [0.2, 0.25) is 6.10 Å². The largest absolute Gasteiger partial charge is 0.482 e. The molecule has 0 aliphatic carbocycles. The number of aryl methyl sites for hydroxylation is 2. The lowest BCUT2D eigenvalue weighted by Gasteiger charge is -2.35. The normalized spacial score (nSPS) is 20.7. The van der Waals surface area contributed by atoms with E-state index < -0.39 is 12.2 Å². The fourth-order valence-corrected chi connectivity index (χ4v) is 5.42. The molecule has 1 amide bonds. The number of hydrogen-bond acceptors (Lipinski definition) is 7. The number of fused-ring (bicyclic) bond motifs is 2. The van der Waals surface area contributed by atoms with Crippen LogP contribution in [-0.4, -0.2) is 67.4 Å². The van der Waals surface area contributed by atoms with Crippen LogP contribution in [0.25, 0.3) is 10.2 Å². The lowest BCUT2D eigenvalue weighted by molar-refractivity contribution is -0.130. The third-order valence-corrected chi connectivity index (χ3v) is 7.47. The third kappa shape index (κ3) is 4.43. The van der Waals surface area contributed by atoms with Crippen LogP contribution in [0.5, 0.6) is 11.5 Å². The minimum Gasteiger partial charge on any atom is -0.482 e. The van der Waals surface area contributed by atoms with Gasteiger partial charge in [-0.05, 0) is 44.0 Å². The Balaban J connectivity index is 1.46. The Morgan fingerprint density at radius 3 is 2.52 bits per heavy atom. The van der Waals surface area contributed by atoms with Gasteiger partial charge >= 0.3 is 0 Å². The smallest absolute Gasteiger partial charge is 0.273 e. The second kappa shape index (κ2) is 9.29. The molecule has 2 aliphatic rings. The molecular weight excluding hydrogens is 438 g/mol. The average molecular weight is 468 g/mol. The number of amides is 1. The van der Waals surface area contributed by atoms with Crippen molar-refractivity contribution in [3.05, 3.63) is 47.5 Å². The van der Waals surface area contributed by atoms with Gasteiger partial charge in [-0.15, -0.1) is 0 Å². The number of rotatable bonds is 5. The first-order valence-corrected chi connectivity index (χ1v) is 12.2. The van der Waals surface area contributed by atoms with Gasteiger partial charge in [0.25, 0.3) is 5.91 Å². The van der Waals surface area contributed by atoms with E-state index >= 15 is 0 Å². The van der Waals surface area contributed by atoms with Crippen molar-refractivity contribution in [3.63, 3.8) is 0 Å². The highest BCUT2D eigenvalue weighted by molar-refractivity contribution is 7.22. The molecule has 0 N–H and O–H groups in total. The van der Waals surface area contributed by atoms with Crippen LogP contribution in [0.15, 0.2) is 36.4 Å². The van der Waals surface area contributed by atoms with Crippen molar-refractivity contribution < 1.29 is 19.0 Å². The van der Waals surface area contributed by atoms with Crippen LogP contribution in [-0.2, 0) is 9.53 Å². The third-order valence-electron chi connectivity index (χ3n) is 6.26. The lowest BCUT2D eigenvalue weighted by Crippen LogP contribution is -2.52. The highest BCUT2D eigenvalue weighted by Crippen LogP contribution is 2.36. The first kappa shape index (κ1) is 22.1. The monoisotopic (exact) mass is 467 g/mol. The molecule has 0 bridgehead atoms. The molecule has 0 spiro atoms. The number of anilines is 1. The molecule has 1 saturated heterocycles. The summed E-state index contributed by atoms with van der Waals surface area (Å²) in [6.07, 6.45) is -1.14. The standard InChI is InChI=1S/C25H29N3O4S/c1-16-8-9-17(2)23-21(16)26-25(33-23)28(11-10-27-12-14-30-15-13-27)24(29)22-18(3)31-19-6-4-5-7-20(19)32-22/h4-9,18,22H,10-15H2,1-3H3/t18-,22+/m0/s1. The number of hydrogen-bond donors (Lipinski definition) is 0. The van der Waals surface area contributed by atoms with Crippen LogP contribution < -0.4 is 14.4 Å². The number of aromatic nitrogens is 1. The quantitative estimate of drug-likeness (QED) is 0.569. The van der Waals surface area contributed by atoms with Crippen LogP contribution in [0.3, 0.4) is 0 Å². The van der Waals surface area contributed by atoms with Gasteiger partial charge in [0.1, 0.15) is 6.10 Å². The first-order chi connectivity index (χ1) is 16.0. The molecule has 0 saturated carbocycles. The van der Waals surface area contributed by atoms with E-state index in [1.54, 1.807) is 16.2 Å². The summed E-state index contributed by atoms with van der Waals surface area (Å²) in [5, 5.41) is 0.704. The molecule has 7 nitrogen and oxygen atoms in total. The van der Waals surface area contributed by atoms with Gasteiger partial charge < -0.3 is 14.2 Å². The van der Waals surface area contributed by atoms with Crippen LogP contribution in [0.4, 0.5) is 5.13 Å². The summed E-state index contributed by atoms with van der Waals surface area (Å²) >= 11 is 1.57. The van der Waals surface area contributed by atoms with Crippen LogP contribution >= 0.6 is 11.3 Å². The van der Waals surface area contributed by atoms with Crippen molar-refractivity contribution in [1.29, 1.82) is 0 Å². The number of nitrogens with zero attached hydrogens (tertiary/aromatic N) is 3. The van der Waals surface area contributed by atoms with Gasteiger partial charge in [-0.25, -0.2) is 4.98 Å². The zero-order chi connectivity index (χ0) is 22.9. The van der Waals surface area contributed by atoms with Crippen molar-refractivity contribution in [3.8, 4) is 11.5 Å².